The van der Waals surface area contributed by atoms with E-state index in [2.05, 4.69) is 25.8 Å². The van der Waals surface area contributed by atoms with E-state index in [1.54, 1.807) is 0 Å². The maximum Gasteiger partial charge on any atom is 0.0334 e. The zero-order valence-corrected chi connectivity index (χ0v) is 10.5. The summed E-state index contributed by atoms with van der Waals surface area (Å²) in [6.45, 7) is 5.63. The molecule has 0 aromatic rings. The van der Waals surface area contributed by atoms with E-state index in [9.17, 15) is 0 Å². The summed E-state index contributed by atoms with van der Waals surface area (Å²) >= 11 is 0. The van der Waals surface area contributed by atoms with Gasteiger partial charge < -0.3 is 5.73 Å². The van der Waals surface area contributed by atoms with Crippen LogP contribution in [0.1, 0.15) is 46.0 Å². The molecule has 3 unspecified atom stereocenters. The lowest BCUT2D eigenvalue weighted by atomic mass is 9.70. The minimum atomic E-state index is 0.326. The van der Waals surface area contributed by atoms with Crippen LogP contribution in [0.4, 0.5) is 0 Å². The molecule has 0 heterocycles. The van der Waals surface area contributed by atoms with Crippen molar-refractivity contribution in [2.24, 2.45) is 17.6 Å². The molecule has 0 amide bonds. The molecule has 0 radical (unpaired) electrons. The van der Waals surface area contributed by atoms with E-state index in [0.29, 0.717) is 5.54 Å². The van der Waals surface area contributed by atoms with Crippen LogP contribution in [0.3, 0.4) is 0 Å². The van der Waals surface area contributed by atoms with Gasteiger partial charge in [0.15, 0.2) is 0 Å². The highest BCUT2D eigenvalue weighted by Crippen LogP contribution is 2.42. The fourth-order valence-electron chi connectivity index (χ4n) is 3.18. The molecule has 88 valence electrons. The van der Waals surface area contributed by atoms with E-state index < -0.39 is 0 Å². The Morgan fingerprint density at radius 1 is 1.20 bits per heavy atom. The zero-order valence-electron chi connectivity index (χ0n) is 10.5. The number of hydrogen-bond acceptors (Lipinski definition) is 2. The fourth-order valence-corrected chi connectivity index (χ4v) is 3.18. The van der Waals surface area contributed by atoms with Crippen LogP contribution in [0.25, 0.3) is 0 Å². The molecule has 0 spiro atoms. The van der Waals surface area contributed by atoms with Crippen LogP contribution in [0.2, 0.25) is 0 Å². The van der Waals surface area contributed by atoms with E-state index >= 15 is 0 Å². The molecule has 0 saturated heterocycles. The van der Waals surface area contributed by atoms with Gasteiger partial charge in [-0.3, -0.25) is 4.90 Å². The first-order valence-electron chi connectivity index (χ1n) is 6.52. The lowest BCUT2D eigenvalue weighted by molar-refractivity contribution is 0.0347. The highest BCUT2D eigenvalue weighted by molar-refractivity contribution is 5.01. The van der Waals surface area contributed by atoms with Crippen LogP contribution in [-0.2, 0) is 0 Å². The molecule has 2 aliphatic carbocycles. The van der Waals surface area contributed by atoms with Crippen LogP contribution in [-0.4, -0.2) is 30.1 Å². The first-order chi connectivity index (χ1) is 7.09. The molecule has 0 aromatic carbocycles. The maximum atomic E-state index is 6.07. The summed E-state index contributed by atoms with van der Waals surface area (Å²) in [6, 6.07) is 0.842. The molecule has 2 N–H and O–H groups in total. The third-order valence-corrected chi connectivity index (χ3v) is 4.96. The quantitative estimate of drug-likeness (QED) is 0.774. The number of nitrogens with zero attached hydrogens (tertiary/aromatic N) is 1. The van der Waals surface area contributed by atoms with Crippen molar-refractivity contribution in [2.45, 2.75) is 57.5 Å². The Balaban J connectivity index is 2.07. The predicted molar refractivity (Wildman–Crippen MR) is 64.7 cm³/mol. The second-order valence-electron chi connectivity index (χ2n) is 5.97. The molecule has 2 nitrogen and oxygen atoms in total. The topological polar surface area (TPSA) is 29.3 Å². The van der Waals surface area contributed by atoms with Gasteiger partial charge in [-0.05, 0) is 51.0 Å². The smallest absolute Gasteiger partial charge is 0.0334 e. The first-order valence-corrected chi connectivity index (χ1v) is 6.52. The van der Waals surface area contributed by atoms with Gasteiger partial charge in [0.2, 0.25) is 0 Å². The second-order valence-corrected chi connectivity index (χ2v) is 5.97. The van der Waals surface area contributed by atoms with E-state index in [-0.39, 0.29) is 0 Å². The Kier molecular flexibility index (Phi) is 3.09. The van der Waals surface area contributed by atoms with Crippen molar-refractivity contribution in [3.63, 3.8) is 0 Å². The highest BCUT2D eigenvalue weighted by Gasteiger charge is 2.44. The van der Waals surface area contributed by atoms with Gasteiger partial charge in [0, 0.05) is 18.1 Å². The largest absolute Gasteiger partial charge is 0.329 e. The van der Waals surface area contributed by atoms with Crippen LogP contribution < -0.4 is 5.73 Å². The molecule has 2 heteroatoms. The van der Waals surface area contributed by atoms with Gasteiger partial charge in [0.25, 0.3) is 0 Å². The van der Waals surface area contributed by atoms with Gasteiger partial charge in [0.1, 0.15) is 0 Å². The van der Waals surface area contributed by atoms with Gasteiger partial charge in [-0.2, -0.15) is 0 Å². The SMILES string of the molecule is CC1CCC(CN)(N(C)C2CC2)CC1C. The standard InChI is InChI=1S/C13H26N2/c1-10-6-7-13(9-14,8-11(10)2)15(3)12-4-5-12/h10-12H,4-9,14H2,1-3H3. The van der Waals surface area contributed by atoms with E-state index in [0.717, 1.165) is 24.4 Å². The molecule has 3 atom stereocenters. The molecule has 2 fully saturated rings. The van der Waals surface area contributed by atoms with Crippen molar-refractivity contribution < 1.29 is 0 Å². The molecule has 15 heavy (non-hydrogen) atoms. The molecular weight excluding hydrogens is 184 g/mol. The molecule has 2 saturated carbocycles. The van der Waals surface area contributed by atoms with Crippen LogP contribution in [0, 0.1) is 11.8 Å². The van der Waals surface area contributed by atoms with E-state index in [1.807, 2.05) is 0 Å². The highest BCUT2D eigenvalue weighted by atomic mass is 15.2. The molecule has 2 aliphatic rings. The Labute approximate surface area is 94.2 Å². The van der Waals surface area contributed by atoms with Crippen molar-refractivity contribution in [1.29, 1.82) is 0 Å². The Morgan fingerprint density at radius 2 is 1.87 bits per heavy atom. The molecule has 2 rings (SSSR count). The average molecular weight is 210 g/mol. The lowest BCUT2D eigenvalue weighted by Gasteiger charge is -2.48. The molecule has 0 aromatic heterocycles. The fraction of sp³-hybridized carbons (Fsp3) is 1.00. The minimum absolute atomic E-state index is 0.326. The van der Waals surface area contributed by atoms with Crippen LogP contribution >= 0.6 is 0 Å². The van der Waals surface area contributed by atoms with Crippen molar-refractivity contribution in [3.8, 4) is 0 Å². The maximum absolute atomic E-state index is 6.07. The first kappa shape index (κ1) is 11.4. The van der Waals surface area contributed by atoms with Crippen LogP contribution in [0.5, 0.6) is 0 Å². The third kappa shape index (κ3) is 2.07. The summed E-state index contributed by atoms with van der Waals surface area (Å²) in [6.07, 6.45) is 6.75. The lowest BCUT2D eigenvalue weighted by Crippen LogP contribution is -2.56. The van der Waals surface area contributed by atoms with Gasteiger partial charge in [0.05, 0.1) is 0 Å². The molecular formula is C13H26N2. The Morgan fingerprint density at radius 3 is 2.33 bits per heavy atom. The van der Waals surface area contributed by atoms with E-state index in [4.69, 9.17) is 5.73 Å². The average Bonchev–Trinajstić information content (AvgIpc) is 3.05. The van der Waals surface area contributed by atoms with Gasteiger partial charge in [-0.15, -0.1) is 0 Å². The van der Waals surface area contributed by atoms with Crippen molar-refractivity contribution in [2.75, 3.05) is 13.6 Å². The van der Waals surface area contributed by atoms with Crippen molar-refractivity contribution in [1.82, 2.24) is 4.90 Å². The van der Waals surface area contributed by atoms with Crippen molar-refractivity contribution >= 4 is 0 Å². The monoisotopic (exact) mass is 210 g/mol. The Bertz CT molecular complexity index is 225. The third-order valence-electron chi connectivity index (χ3n) is 4.96. The summed E-state index contributed by atoms with van der Waals surface area (Å²) in [5.41, 5.74) is 6.40. The molecule has 0 bridgehead atoms. The number of hydrogen-bond donors (Lipinski definition) is 1. The van der Waals surface area contributed by atoms with Gasteiger partial charge >= 0.3 is 0 Å². The number of rotatable bonds is 3. The van der Waals surface area contributed by atoms with Crippen molar-refractivity contribution in [3.05, 3.63) is 0 Å². The summed E-state index contributed by atoms with van der Waals surface area (Å²) in [4.78, 5) is 2.61. The number of nitrogens with two attached hydrogens (primary N) is 1. The van der Waals surface area contributed by atoms with Gasteiger partial charge in [-0.1, -0.05) is 13.8 Å². The summed E-state index contributed by atoms with van der Waals surface area (Å²) < 4.78 is 0. The predicted octanol–water partition coefficient (Wildman–Crippen LogP) is 2.23. The second kappa shape index (κ2) is 4.06. The Hall–Kier alpha value is -0.0800. The molecule has 0 aliphatic heterocycles. The van der Waals surface area contributed by atoms with Gasteiger partial charge in [-0.25, -0.2) is 0 Å². The minimum Gasteiger partial charge on any atom is -0.329 e. The summed E-state index contributed by atoms with van der Waals surface area (Å²) in [5.74, 6) is 1.72. The zero-order chi connectivity index (χ0) is 11.1. The van der Waals surface area contributed by atoms with Crippen LogP contribution in [0.15, 0.2) is 0 Å². The number of likely N-dealkylation sites (N-methyl/N-ethyl adjacent to an activating group) is 1. The summed E-state index contributed by atoms with van der Waals surface area (Å²) in [7, 11) is 2.30. The van der Waals surface area contributed by atoms with E-state index in [1.165, 1.54) is 32.1 Å². The normalized spacial score (nSPS) is 42.2. The summed E-state index contributed by atoms with van der Waals surface area (Å²) in [5, 5.41) is 0.